The molecule has 1 aliphatic rings. The molecule has 1 fully saturated rings. The molecule has 0 saturated carbocycles. The largest absolute Gasteiger partial charge is 0.298 e. The minimum absolute atomic E-state index is 0.151. The molecule has 0 amide bonds. The van der Waals surface area contributed by atoms with Gasteiger partial charge in [-0.05, 0) is 40.7 Å². The third-order valence-corrected chi connectivity index (χ3v) is 4.80. The summed E-state index contributed by atoms with van der Waals surface area (Å²) >= 11 is 0. The van der Waals surface area contributed by atoms with Gasteiger partial charge in [0, 0.05) is 24.7 Å². The highest BCUT2D eigenvalue weighted by molar-refractivity contribution is 7.88. The van der Waals surface area contributed by atoms with Crippen LogP contribution in [0.25, 0.3) is 0 Å². The topological polar surface area (TPSA) is 40.6 Å². The van der Waals surface area contributed by atoms with Crippen LogP contribution in [0.3, 0.4) is 0 Å². The Morgan fingerprint density at radius 3 is 1.94 bits per heavy atom. The third-order valence-electron chi connectivity index (χ3n) is 3.50. The summed E-state index contributed by atoms with van der Waals surface area (Å²) in [5.41, 5.74) is 0.151. The second kappa shape index (κ2) is 4.63. The lowest BCUT2D eigenvalue weighted by molar-refractivity contribution is 0.0823. The van der Waals surface area contributed by atoms with Gasteiger partial charge >= 0.3 is 0 Å². The zero-order chi connectivity index (χ0) is 12.6. The van der Waals surface area contributed by atoms with E-state index < -0.39 is 10.0 Å². The lowest BCUT2D eigenvalue weighted by Gasteiger charge is -2.42. The standard InChI is InChI=1S/C11H24N2O2S/c1-11(2,3)12(4)10-6-8-13(9-7-10)16(5,14)15/h10H,6-9H2,1-5H3. The van der Waals surface area contributed by atoms with Crippen molar-refractivity contribution in [1.29, 1.82) is 0 Å². The Kier molecular flexibility index (Phi) is 4.03. The normalized spacial score (nSPS) is 21.6. The molecule has 0 atom stereocenters. The number of hydrogen-bond acceptors (Lipinski definition) is 3. The van der Waals surface area contributed by atoms with Crippen LogP contribution < -0.4 is 0 Å². The Labute approximate surface area is 99.7 Å². The van der Waals surface area contributed by atoms with Crippen LogP contribution in [0.1, 0.15) is 33.6 Å². The predicted octanol–water partition coefficient (Wildman–Crippen LogP) is 1.14. The molecule has 96 valence electrons. The first-order valence-corrected chi connectivity index (χ1v) is 7.65. The van der Waals surface area contributed by atoms with Gasteiger partial charge in [-0.3, -0.25) is 4.90 Å². The number of piperidine rings is 1. The molecule has 0 unspecified atom stereocenters. The second-order valence-corrected chi connectivity index (χ2v) is 7.66. The molecule has 0 aromatic heterocycles. The van der Waals surface area contributed by atoms with Gasteiger partial charge in [-0.2, -0.15) is 0 Å². The smallest absolute Gasteiger partial charge is 0.211 e. The minimum atomic E-state index is -3.00. The number of rotatable bonds is 2. The van der Waals surface area contributed by atoms with Gasteiger partial charge in [-0.15, -0.1) is 0 Å². The van der Waals surface area contributed by atoms with Crippen LogP contribution in [0, 0.1) is 0 Å². The van der Waals surface area contributed by atoms with Crippen LogP contribution in [0.15, 0.2) is 0 Å². The zero-order valence-electron chi connectivity index (χ0n) is 11.0. The summed E-state index contributed by atoms with van der Waals surface area (Å²) in [6.45, 7) is 7.88. The molecule has 0 aromatic carbocycles. The van der Waals surface area contributed by atoms with Crippen LogP contribution in [0.2, 0.25) is 0 Å². The highest BCUT2D eigenvalue weighted by Crippen LogP contribution is 2.23. The van der Waals surface area contributed by atoms with E-state index in [2.05, 4.69) is 32.7 Å². The quantitative estimate of drug-likeness (QED) is 0.736. The van der Waals surface area contributed by atoms with E-state index in [4.69, 9.17) is 0 Å². The Morgan fingerprint density at radius 2 is 1.62 bits per heavy atom. The van der Waals surface area contributed by atoms with Gasteiger partial charge in [0.25, 0.3) is 0 Å². The lowest BCUT2D eigenvalue weighted by Crippen LogP contribution is -2.51. The van der Waals surface area contributed by atoms with Crippen molar-refractivity contribution in [3.05, 3.63) is 0 Å². The van der Waals surface area contributed by atoms with Gasteiger partial charge in [0.05, 0.1) is 6.26 Å². The summed E-state index contributed by atoms with van der Waals surface area (Å²) in [4.78, 5) is 2.35. The Morgan fingerprint density at radius 1 is 1.19 bits per heavy atom. The molecule has 4 nitrogen and oxygen atoms in total. The van der Waals surface area contributed by atoms with Gasteiger partial charge in [-0.25, -0.2) is 12.7 Å². The van der Waals surface area contributed by atoms with Crippen molar-refractivity contribution in [2.75, 3.05) is 26.4 Å². The van der Waals surface area contributed by atoms with E-state index in [-0.39, 0.29) is 5.54 Å². The first-order valence-electron chi connectivity index (χ1n) is 5.80. The zero-order valence-corrected chi connectivity index (χ0v) is 11.8. The molecule has 1 aliphatic heterocycles. The van der Waals surface area contributed by atoms with Gasteiger partial charge < -0.3 is 0 Å². The fraction of sp³-hybridized carbons (Fsp3) is 1.00. The van der Waals surface area contributed by atoms with Crippen LogP contribution in [0.4, 0.5) is 0 Å². The lowest BCUT2D eigenvalue weighted by atomic mass is 9.98. The number of nitrogens with zero attached hydrogens (tertiary/aromatic N) is 2. The van der Waals surface area contributed by atoms with Crippen molar-refractivity contribution in [2.45, 2.75) is 45.2 Å². The third kappa shape index (κ3) is 3.43. The van der Waals surface area contributed by atoms with Gasteiger partial charge in [0.15, 0.2) is 0 Å². The molecule has 0 bridgehead atoms. The maximum absolute atomic E-state index is 11.4. The maximum Gasteiger partial charge on any atom is 0.211 e. The Hall–Kier alpha value is -0.130. The first-order chi connectivity index (χ1) is 7.12. The van der Waals surface area contributed by atoms with E-state index in [9.17, 15) is 8.42 Å². The number of sulfonamides is 1. The van der Waals surface area contributed by atoms with Crippen molar-refractivity contribution >= 4 is 10.0 Å². The van der Waals surface area contributed by atoms with Crippen LogP contribution >= 0.6 is 0 Å². The molecular weight excluding hydrogens is 224 g/mol. The van der Waals surface area contributed by atoms with Crippen LogP contribution in [0.5, 0.6) is 0 Å². The summed E-state index contributed by atoms with van der Waals surface area (Å²) in [6.07, 6.45) is 3.16. The predicted molar refractivity (Wildman–Crippen MR) is 67.0 cm³/mol. The molecule has 0 aromatic rings. The average Bonchev–Trinajstić information content (AvgIpc) is 2.14. The van der Waals surface area contributed by atoms with Crippen LogP contribution in [-0.2, 0) is 10.0 Å². The van der Waals surface area contributed by atoms with Crippen molar-refractivity contribution < 1.29 is 8.42 Å². The maximum atomic E-state index is 11.4. The molecule has 1 heterocycles. The Balaban J connectivity index is 2.56. The first kappa shape index (κ1) is 13.9. The molecule has 16 heavy (non-hydrogen) atoms. The van der Waals surface area contributed by atoms with E-state index in [0.29, 0.717) is 19.1 Å². The van der Waals surface area contributed by atoms with Gasteiger partial charge in [0.2, 0.25) is 10.0 Å². The summed E-state index contributed by atoms with van der Waals surface area (Å²) in [7, 11) is -0.870. The van der Waals surface area contributed by atoms with Crippen LogP contribution in [-0.4, -0.2) is 55.6 Å². The van der Waals surface area contributed by atoms with Crippen molar-refractivity contribution in [2.24, 2.45) is 0 Å². The van der Waals surface area contributed by atoms with E-state index in [0.717, 1.165) is 12.8 Å². The molecule has 0 radical (unpaired) electrons. The molecule has 0 aliphatic carbocycles. The van der Waals surface area contributed by atoms with Gasteiger partial charge in [0.1, 0.15) is 0 Å². The van der Waals surface area contributed by atoms with Crippen molar-refractivity contribution in [3.63, 3.8) is 0 Å². The van der Waals surface area contributed by atoms with E-state index in [1.807, 2.05) is 0 Å². The summed E-state index contributed by atoms with van der Waals surface area (Å²) in [6, 6.07) is 0.498. The fourth-order valence-electron chi connectivity index (χ4n) is 2.11. The summed E-state index contributed by atoms with van der Waals surface area (Å²) in [5, 5.41) is 0. The minimum Gasteiger partial charge on any atom is -0.298 e. The SMILES string of the molecule is CN(C1CCN(S(C)(=O)=O)CC1)C(C)(C)C. The molecule has 1 saturated heterocycles. The molecule has 0 spiro atoms. The molecular formula is C11H24N2O2S. The van der Waals surface area contributed by atoms with E-state index in [1.54, 1.807) is 4.31 Å². The molecule has 1 rings (SSSR count). The highest BCUT2D eigenvalue weighted by Gasteiger charge is 2.30. The second-order valence-electron chi connectivity index (χ2n) is 5.67. The highest BCUT2D eigenvalue weighted by atomic mass is 32.2. The number of hydrogen-bond donors (Lipinski definition) is 0. The summed E-state index contributed by atoms with van der Waals surface area (Å²) < 4.78 is 24.3. The Bertz CT molecular complexity index is 324. The monoisotopic (exact) mass is 248 g/mol. The van der Waals surface area contributed by atoms with Crippen molar-refractivity contribution in [1.82, 2.24) is 9.21 Å². The average molecular weight is 248 g/mol. The molecule has 0 N–H and O–H groups in total. The summed E-state index contributed by atoms with van der Waals surface area (Å²) in [5.74, 6) is 0. The van der Waals surface area contributed by atoms with Gasteiger partial charge in [-0.1, -0.05) is 0 Å². The van der Waals surface area contributed by atoms with E-state index in [1.165, 1.54) is 6.26 Å². The van der Waals surface area contributed by atoms with Crippen molar-refractivity contribution in [3.8, 4) is 0 Å². The fourth-order valence-corrected chi connectivity index (χ4v) is 2.98. The molecule has 5 heteroatoms. The van der Waals surface area contributed by atoms with E-state index >= 15 is 0 Å².